The number of amides is 2. The summed E-state index contributed by atoms with van der Waals surface area (Å²) < 4.78 is 11.4. The van der Waals surface area contributed by atoms with Crippen molar-refractivity contribution in [2.24, 2.45) is 0 Å². The van der Waals surface area contributed by atoms with Crippen molar-refractivity contribution < 1.29 is 19.1 Å². The highest BCUT2D eigenvalue weighted by molar-refractivity contribution is 6.06. The molecule has 1 fully saturated rings. The third kappa shape index (κ3) is 3.49. The normalized spacial score (nSPS) is 16.4. The molecule has 2 aliphatic rings. The number of anilines is 2. The Balaban J connectivity index is 1.50. The van der Waals surface area contributed by atoms with Gasteiger partial charge in [-0.3, -0.25) is 9.59 Å². The van der Waals surface area contributed by atoms with Crippen LogP contribution in [0.4, 0.5) is 11.4 Å². The van der Waals surface area contributed by atoms with Gasteiger partial charge in [-0.05, 0) is 56.0 Å². The van der Waals surface area contributed by atoms with E-state index in [0.29, 0.717) is 28.4 Å². The van der Waals surface area contributed by atoms with Gasteiger partial charge in [0.15, 0.2) is 6.61 Å². The highest BCUT2D eigenvalue weighted by Gasteiger charge is 2.20. The van der Waals surface area contributed by atoms with Crippen LogP contribution in [0.15, 0.2) is 42.5 Å². The van der Waals surface area contributed by atoms with E-state index in [-0.39, 0.29) is 24.5 Å². The first-order chi connectivity index (χ1) is 12.7. The Bertz CT molecular complexity index is 843. The molecule has 1 saturated carbocycles. The number of hydrogen-bond donors (Lipinski definition) is 2. The first-order valence-electron chi connectivity index (χ1n) is 8.83. The van der Waals surface area contributed by atoms with Crippen molar-refractivity contribution in [1.82, 2.24) is 0 Å². The highest BCUT2D eigenvalue weighted by atomic mass is 16.5. The van der Waals surface area contributed by atoms with E-state index in [0.717, 1.165) is 12.8 Å². The van der Waals surface area contributed by atoms with Crippen LogP contribution >= 0.6 is 0 Å². The first kappa shape index (κ1) is 16.4. The van der Waals surface area contributed by atoms with Crippen molar-refractivity contribution >= 4 is 23.2 Å². The predicted molar refractivity (Wildman–Crippen MR) is 97.8 cm³/mol. The van der Waals surface area contributed by atoms with Gasteiger partial charge in [-0.2, -0.15) is 0 Å². The van der Waals surface area contributed by atoms with Crippen LogP contribution in [-0.4, -0.2) is 24.5 Å². The van der Waals surface area contributed by atoms with Crippen LogP contribution in [0, 0.1) is 0 Å². The van der Waals surface area contributed by atoms with Crippen LogP contribution in [0.2, 0.25) is 0 Å². The zero-order chi connectivity index (χ0) is 17.9. The summed E-state index contributed by atoms with van der Waals surface area (Å²) >= 11 is 0. The van der Waals surface area contributed by atoms with Crippen molar-refractivity contribution in [2.45, 2.75) is 31.8 Å². The number of benzene rings is 2. The van der Waals surface area contributed by atoms with Crippen molar-refractivity contribution in [2.75, 3.05) is 17.2 Å². The molecule has 134 valence electrons. The minimum atomic E-state index is -0.254. The maximum absolute atomic E-state index is 12.6. The molecule has 2 amide bonds. The zero-order valence-electron chi connectivity index (χ0n) is 14.3. The highest BCUT2D eigenvalue weighted by Crippen LogP contribution is 2.31. The third-order valence-corrected chi connectivity index (χ3v) is 4.61. The average molecular weight is 352 g/mol. The monoisotopic (exact) mass is 352 g/mol. The molecule has 6 heteroatoms. The van der Waals surface area contributed by atoms with Crippen LogP contribution in [0.25, 0.3) is 0 Å². The molecule has 1 heterocycles. The van der Waals surface area contributed by atoms with Gasteiger partial charge < -0.3 is 20.1 Å². The minimum absolute atomic E-state index is 0.0455. The predicted octanol–water partition coefficient (Wildman–Crippen LogP) is 3.59. The summed E-state index contributed by atoms with van der Waals surface area (Å²) in [7, 11) is 0. The number of para-hydroxylation sites is 2. The number of carbonyl (C=O) groups is 2. The summed E-state index contributed by atoms with van der Waals surface area (Å²) in [4.78, 5) is 24.0. The Morgan fingerprint density at radius 3 is 2.81 bits per heavy atom. The Kier molecular flexibility index (Phi) is 4.48. The summed E-state index contributed by atoms with van der Waals surface area (Å²) in [6, 6.07) is 12.4. The fourth-order valence-electron chi connectivity index (χ4n) is 3.27. The molecule has 4 rings (SSSR count). The largest absolute Gasteiger partial charge is 0.488 e. The van der Waals surface area contributed by atoms with Gasteiger partial charge in [0.2, 0.25) is 0 Å². The van der Waals surface area contributed by atoms with Gasteiger partial charge in [-0.15, -0.1) is 0 Å². The second-order valence-corrected chi connectivity index (χ2v) is 6.52. The fourth-order valence-corrected chi connectivity index (χ4v) is 3.27. The van der Waals surface area contributed by atoms with Gasteiger partial charge in [0.05, 0.1) is 17.5 Å². The molecule has 2 aromatic rings. The summed E-state index contributed by atoms with van der Waals surface area (Å²) in [5.41, 5.74) is 1.68. The molecule has 26 heavy (non-hydrogen) atoms. The van der Waals surface area contributed by atoms with E-state index >= 15 is 0 Å². The van der Waals surface area contributed by atoms with Crippen LogP contribution in [0.3, 0.4) is 0 Å². The van der Waals surface area contributed by atoms with Crippen LogP contribution in [-0.2, 0) is 4.79 Å². The molecule has 0 spiro atoms. The lowest BCUT2D eigenvalue weighted by molar-refractivity contribution is -0.118. The first-order valence-corrected chi connectivity index (χ1v) is 8.83. The number of nitrogens with one attached hydrogen (secondary N) is 2. The molecule has 0 atom stereocenters. The Labute approximate surface area is 151 Å². The SMILES string of the molecule is O=C1COc2cc(C(=O)Nc3ccccc3OC3CCCC3)ccc2N1. The maximum Gasteiger partial charge on any atom is 0.262 e. The molecular formula is C20H20N2O4. The molecule has 2 N–H and O–H groups in total. The Morgan fingerprint density at radius 2 is 1.96 bits per heavy atom. The molecule has 0 saturated heterocycles. The molecule has 1 aliphatic heterocycles. The fraction of sp³-hybridized carbons (Fsp3) is 0.300. The Morgan fingerprint density at radius 1 is 1.15 bits per heavy atom. The molecule has 0 bridgehead atoms. The molecule has 0 aromatic heterocycles. The van der Waals surface area contributed by atoms with E-state index < -0.39 is 0 Å². The van der Waals surface area contributed by atoms with Gasteiger partial charge in [0.1, 0.15) is 11.5 Å². The quantitative estimate of drug-likeness (QED) is 0.882. The lowest BCUT2D eigenvalue weighted by atomic mass is 10.1. The zero-order valence-corrected chi connectivity index (χ0v) is 14.3. The topological polar surface area (TPSA) is 76.7 Å². The number of carbonyl (C=O) groups excluding carboxylic acids is 2. The van der Waals surface area contributed by atoms with E-state index in [2.05, 4.69) is 10.6 Å². The van der Waals surface area contributed by atoms with Crippen molar-refractivity contribution in [3.63, 3.8) is 0 Å². The van der Waals surface area contributed by atoms with E-state index in [1.165, 1.54) is 12.8 Å². The van der Waals surface area contributed by atoms with Gasteiger partial charge in [0, 0.05) is 5.56 Å². The third-order valence-electron chi connectivity index (χ3n) is 4.61. The van der Waals surface area contributed by atoms with Crippen molar-refractivity contribution in [3.05, 3.63) is 48.0 Å². The number of ether oxygens (including phenoxy) is 2. The molecule has 0 radical (unpaired) electrons. The van der Waals surface area contributed by atoms with E-state index in [4.69, 9.17) is 9.47 Å². The van der Waals surface area contributed by atoms with Gasteiger partial charge in [-0.25, -0.2) is 0 Å². The van der Waals surface area contributed by atoms with Crippen molar-refractivity contribution in [1.29, 1.82) is 0 Å². The minimum Gasteiger partial charge on any atom is -0.488 e. The molecule has 6 nitrogen and oxygen atoms in total. The van der Waals surface area contributed by atoms with Crippen LogP contribution in [0.5, 0.6) is 11.5 Å². The van der Waals surface area contributed by atoms with Gasteiger partial charge in [0.25, 0.3) is 11.8 Å². The summed E-state index contributed by atoms with van der Waals surface area (Å²) in [5.74, 6) is 0.727. The molecule has 0 unspecified atom stereocenters. The molecular weight excluding hydrogens is 332 g/mol. The van der Waals surface area contributed by atoms with E-state index in [1.807, 2.05) is 24.3 Å². The lowest BCUT2D eigenvalue weighted by Gasteiger charge is -2.19. The average Bonchev–Trinajstić information content (AvgIpc) is 3.16. The summed E-state index contributed by atoms with van der Waals surface area (Å²) in [6.07, 6.45) is 4.69. The number of fused-ring (bicyclic) bond motifs is 1. The molecule has 2 aromatic carbocycles. The summed E-state index contributed by atoms with van der Waals surface area (Å²) in [5, 5.41) is 5.62. The van der Waals surface area contributed by atoms with E-state index in [9.17, 15) is 9.59 Å². The lowest BCUT2D eigenvalue weighted by Crippen LogP contribution is -2.25. The Hall–Kier alpha value is -3.02. The second kappa shape index (κ2) is 7.07. The summed E-state index contributed by atoms with van der Waals surface area (Å²) in [6.45, 7) is -0.0455. The van der Waals surface area contributed by atoms with Crippen LogP contribution < -0.4 is 20.1 Å². The van der Waals surface area contributed by atoms with Crippen molar-refractivity contribution in [3.8, 4) is 11.5 Å². The van der Waals surface area contributed by atoms with Gasteiger partial charge >= 0.3 is 0 Å². The van der Waals surface area contributed by atoms with Gasteiger partial charge in [-0.1, -0.05) is 12.1 Å². The standard InChI is InChI=1S/C20H20N2O4/c23-19-12-25-18-11-13(9-10-16(18)21-19)20(24)22-15-7-3-4-8-17(15)26-14-5-1-2-6-14/h3-4,7-11,14H,1-2,5-6,12H2,(H,21,23)(H,22,24). The second-order valence-electron chi connectivity index (χ2n) is 6.52. The smallest absolute Gasteiger partial charge is 0.262 e. The van der Waals surface area contributed by atoms with E-state index in [1.54, 1.807) is 18.2 Å². The number of rotatable bonds is 4. The number of hydrogen-bond acceptors (Lipinski definition) is 4. The van der Waals surface area contributed by atoms with Crippen LogP contribution in [0.1, 0.15) is 36.0 Å². The molecule has 1 aliphatic carbocycles. The maximum atomic E-state index is 12.6.